The van der Waals surface area contributed by atoms with Crippen molar-refractivity contribution in [3.8, 4) is 0 Å². The molecule has 0 saturated carbocycles. The number of carboxylic acid groups (broad SMARTS) is 1. The summed E-state index contributed by atoms with van der Waals surface area (Å²) in [6, 6.07) is 16.9. The third kappa shape index (κ3) is 6.36. The van der Waals surface area contributed by atoms with Gasteiger partial charge in [0.2, 0.25) is 11.8 Å². The van der Waals surface area contributed by atoms with E-state index in [-0.39, 0.29) is 11.6 Å². The van der Waals surface area contributed by atoms with Crippen molar-refractivity contribution >= 4 is 36.5 Å². The highest BCUT2D eigenvalue weighted by atomic mass is 28.4. The van der Waals surface area contributed by atoms with Crippen LogP contribution in [0.5, 0.6) is 0 Å². The largest absolute Gasteiger partial charge is 0.480 e. The van der Waals surface area contributed by atoms with E-state index in [1.165, 1.54) is 20.9 Å². The minimum Gasteiger partial charge on any atom is -0.480 e. The molecule has 190 valence electrons. The summed E-state index contributed by atoms with van der Waals surface area (Å²) >= 11 is 0. The summed E-state index contributed by atoms with van der Waals surface area (Å²) in [5.41, 5.74) is 0. The van der Waals surface area contributed by atoms with Crippen molar-refractivity contribution in [1.82, 2.24) is 10.2 Å². The van der Waals surface area contributed by atoms with Gasteiger partial charge in [-0.25, -0.2) is 4.79 Å². The van der Waals surface area contributed by atoms with Gasteiger partial charge >= 0.3 is 5.97 Å². The van der Waals surface area contributed by atoms with E-state index in [1.54, 1.807) is 0 Å². The number of rotatable bonds is 10. The molecular formula is C26H36N2O6Si. The highest BCUT2D eigenvalue weighted by Gasteiger charge is 2.50. The van der Waals surface area contributed by atoms with Gasteiger partial charge in [0.15, 0.2) is 0 Å². The average Bonchev–Trinajstić information content (AvgIpc) is 2.78. The van der Waals surface area contributed by atoms with Crippen LogP contribution in [0.1, 0.15) is 34.6 Å². The lowest BCUT2D eigenvalue weighted by molar-refractivity contribution is -0.146. The van der Waals surface area contributed by atoms with Gasteiger partial charge in [-0.05, 0) is 22.3 Å². The maximum atomic E-state index is 12.9. The number of hydrogen-bond acceptors (Lipinski definition) is 5. The van der Waals surface area contributed by atoms with E-state index in [1.807, 2.05) is 60.7 Å². The summed E-state index contributed by atoms with van der Waals surface area (Å²) in [7, 11) is -1.64. The predicted octanol–water partition coefficient (Wildman–Crippen LogP) is 1.36. The van der Waals surface area contributed by atoms with Crippen LogP contribution < -0.4 is 15.7 Å². The fraction of sp³-hybridized carbons (Fsp3) is 0.423. The van der Waals surface area contributed by atoms with Crippen molar-refractivity contribution in [3.63, 3.8) is 0 Å². The van der Waals surface area contributed by atoms with Crippen molar-refractivity contribution in [2.24, 2.45) is 0 Å². The number of hydrogen-bond donors (Lipinski definition) is 3. The molecular weight excluding hydrogens is 464 g/mol. The van der Waals surface area contributed by atoms with Gasteiger partial charge in [-0.2, -0.15) is 0 Å². The Hall–Kier alpha value is -3.01. The number of aliphatic hydroxyl groups is 1. The molecule has 0 spiro atoms. The molecule has 0 bridgehead atoms. The standard InChI is InChI=1S/C26H36N2O6Si/c1-18(29)23(28(6)19(2)30)24(31)27-22(25(32)33)17-34-35(26(3,4)5,20-13-9-7-10-14-20)21-15-11-8-12-16-21/h7-16,18,22-23,29H,17H2,1-6H3,(H,27,31)(H,32,33). The van der Waals surface area contributed by atoms with Gasteiger partial charge in [-0.1, -0.05) is 81.4 Å². The quantitative estimate of drug-likeness (QED) is 0.424. The van der Waals surface area contributed by atoms with Crippen LogP contribution in [0.3, 0.4) is 0 Å². The first-order valence-corrected chi connectivity index (χ1v) is 13.4. The van der Waals surface area contributed by atoms with E-state index in [0.717, 1.165) is 15.3 Å². The minimum atomic E-state index is -3.03. The first-order chi connectivity index (χ1) is 16.3. The molecule has 0 saturated heterocycles. The van der Waals surface area contributed by atoms with Crippen molar-refractivity contribution in [1.29, 1.82) is 0 Å². The molecule has 8 nitrogen and oxygen atoms in total. The number of amides is 2. The van der Waals surface area contributed by atoms with E-state index in [0.29, 0.717) is 0 Å². The second-order valence-corrected chi connectivity index (χ2v) is 14.0. The lowest BCUT2D eigenvalue weighted by atomic mass is 10.1. The van der Waals surface area contributed by atoms with Crippen molar-refractivity contribution in [2.45, 2.75) is 57.8 Å². The minimum absolute atomic E-state index is 0.287. The first kappa shape index (κ1) is 28.2. The topological polar surface area (TPSA) is 116 Å². The molecule has 0 radical (unpaired) electrons. The van der Waals surface area contributed by atoms with Crippen molar-refractivity contribution in [3.05, 3.63) is 60.7 Å². The molecule has 2 aromatic carbocycles. The van der Waals surface area contributed by atoms with Crippen LogP contribution in [0.4, 0.5) is 0 Å². The Morgan fingerprint density at radius 1 is 1.00 bits per heavy atom. The molecule has 0 aliphatic heterocycles. The predicted molar refractivity (Wildman–Crippen MR) is 137 cm³/mol. The SMILES string of the molecule is CC(=O)N(C)C(C(=O)NC(CO[Si](c1ccccc1)(c1ccccc1)C(C)(C)C)C(=O)O)C(C)O. The fourth-order valence-corrected chi connectivity index (χ4v) is 8.89. The van der Waals surface area contributed by atoms with E-state index in [2.05, 4.69) is 26.1 Å². The van der Waals surface area contributed by atoms with Crippen LogP contribution in [0.2, 0.25) is 5.04 Å². The molecule has 3 unspecified atom stereocenters. The average molecular weight is 501 g/mol. The summed E-state index contributed by atoms with van der Waals surface area (Å²) in [6.07, 6.45) is -1.20. The summed E-state index contributed by atoms with van der Waals surface area (Å²) in [5.74, 6) is -2.47. The van der Waals surface area contributed by atoms with Gasteiger partial charge < -0.3 is 24.9 Å². The van der Waals surface area contributed by atoms with Crippen molar-refractivity contribution in [2.75, 3.05) is 13.7 Å². The van der Waals surface area contributed by atoms with Crippen molar-refractivity contribution < 1.29 is 29.0 Å². The summed E-state index contributed by atoms with van der Waals surface area (Å²) < 4.78 is 6.64. The molecule has 3 N–H and O–H groups in total. The zero-order valence-corrected chi connectivity index (χ0v) is 22.2. The molecule has 2 rings (SSSR count). The lowest BCUT2D eigenvalue weighted by Crippen LogP contribution is -2.68. The monoisotopic (exact) mass is 500 g/mol. The number of aliphatic hydroxyl groups excluding tert-OH is 1. The number of carbonyl (C=O) groups excluding carboxylic acids is 2. The molecule has 0 heterocycles. The maximum absolute atomic E-state index is 12.9. The molecule has 2 aromatic rings. The number of benzene rings is 2. The first-order valence-electron chi connectivity index (χ1n) is 11.5. The van der Waals surface area contributed by atoms with E-state index in [9.17, 15) is 24.6 Å². The molecule has 2 amide bonds. The number of aliphatic carboxylic acids is 1. The Labute approximate surface area is 208 Å². The molecule has 0 aliphatic rings. The number of likely N-dealkylation sites (N-methyl/N-ethyl adjacent to an activating group) is 1. The summed E-state index contributed by atoms with van der Waals surface area (Å²) in [4.78, 5) is 38.0. The lowest BCUT2D eigenvalue weighted by Gasteiger charge is -2.43. The van der Waals surface area contributed by atoms with Gasteiger partial charge in [-0.15, -0.1) is 0 Å². The highest BCUT2D eigenvalue weighted by molar-refractivity contribution is 6.99. The maximum Gasteiger partial charge on any atom is 0.328 e. The third-order valence-electron chi connectivity index (χ3n) is 6.14. The third-order valence-corrected chi connectivity index (χ3v) is 11.1. The second kappa shape index (κ2) is 11.6. The normalized spacial score (nSPS) is 14.5. The zero-order valence-electron chi connectivity index (χ0n) is 21.2. The highest BCUT2D eigenvalue weighted by Crippen LogP contribution is 2.36. The summed E-state index contributed by atoms with van der Waals surface area (Å²) in [6.45, 7) is 8.56. The Kier molecular flexibility index (Phi) is 9.36. The Morgan fingerprint density at radius 2 is 1.46 bits per heavy atom. The Morgan fingerprint density at radius 3 is 1.80 bits per heavy atom. The van der Waals surface area contributed by atoms with Crippen LogP contribution in [0.15, 0.2) is 60.7 Å². The van der Waals surface area contributed by atoms with Crippen LogP contribution in [-0.2, 0) is 18.8 Å². The van der Waals surface area contributed by atoms with E-state index < -0.39 is 44.3 Å². The zero-order chi connectivity index (χ0) is 26.4. The van der Waals surface area contributed by atoms with Gasteiger partial charge in [0.25, 0.3) is 8.32 Å². The van der Waals surface area contributed by atoms with E-state index in [4.69, 9.17) is 4.43 Å². The van der Waals surface area contributed by atoms with Crippen LogP contribution in [0.25, 0.3) is 0 Å². The molecule has 0 aromatic heterocycles. The number of nitrogens with one attached hydrogen (secondary N) is 1. The van der Waals surface area contributed by atoms with Gasteiger partial charge in [0, 0.05) is 14.0 Å². The van der Waals surface area contributed by atoms with Crippen LogP contribution >= 0.6 is 0 Å². The smallest absolute Gasteiger partial charge is 0.328 e. The number of nitrogens with zero attached hydrogens (tertiary/aromatic N) is 1. The number of carbonyl (C=O) groups is 3. The molecule has 0 aliphatic carbocycles. The van der Waals surface area contributed by atoms with E-state index >= 15 is 0 Å². The molecule has 3 atom stereocenters. The second-order valence-electron chi connectivity index (χ2n) is 9.69. The van der Waals surface area contributed by atoms with Crippen LogP contribution in [-0.4, -0.2) is 73.1 Å². The molecule has 35 heavy (non-hydrogen) atoms. The van der Waals surface area contributed by atoms with Gasteiger partial charge in [0.1, 0.15) is 12.1 Å². The fourth-order valence-electron chi connectivity index (χ4n) is 4.32. The van der Waals surface area contributed by atoms with Gasteiger partial charge in [0.05, 0.1) is 12.7 Å². The Bertz CT molecular complexity index is 968. The van der Waals surface area contributed by atoms with Crippen LogP contribution in [0, 0.1) is 0 Å². The summed E-state index contributed by atoms with van der Waals surface area (Å²) in [5, 5.41) is 24.0. The number of carboxylic acids is 1. The molecule has 9 heteroatoms. The Balaban J connectivity index is 2.45. The van der Waals surface area contributed by atoms with Gasteiger partial charge in [-0.3, -0.25) is 9.59 Å². The molecule has 0 fully saturated rings.